The van der Waals surface area contributed by atoms with Gasteiger partial charge < -0.3 is 4.74 Å². The number of benzene rings is 1. The van der Waals surface area contributed by atoms with E-state index < -0.39 is 6.36 Å². The first-order valence-corrected chi connectivity index (χ1v) is 5.71. The fraction of sp³-hybridized carbons (Fsp3) is 0.231. The molecule has 0 radical (unpaired) electrons. The average Bonchev–Trinajstić information content (AvgIpc) is 2.76. The maximum Gasteiger partial charge on any atom is 0.573 e. The number of halogens is 3. The van der Waals surface area contributed by atoms with Gasteiger partial charge in [-0.15, -0.1) is 13.2 Å². The number of alkyl halides is 3. The third-order valence-corrected chi connectivity index (χ3v) is 2.63. The second-order valence-corrected chi connectivity index (χ2v) is 4.13. The summed E-state index contributed by atoms with van der Waals surface area (Å²) in [6.07, 6.45) is -3.12. The van der Waals surface area contributed by atoms with Gasteiger partial charge in [-0.2, -0.15) is 5.10 Å². The third-order valence-electron chi connectivity index (χ3n) is 2.63. The number of carbonyl (C=O) groups is 1. The highest BCUT2D eigenvalue weighted by molar-refractivity contribution is 5.95. The fourth-order valence-electron chi connectivity index (χ4n) is 1.73. The van der Waals surface area contributed by atoms with Gasteiger partial charge in [-0.3, -0.25) is 9.48 Å². The quantitative estimate of drug-likeness (QED) is 0.811. The molecule has 20 heavy (non-hydrogen) atoms. The van der Waals surface area contributed by atoms with E-state index in [0.717, 1.165) is 0 Å². The van der Waals surface area contributed by atoms with Gasteiger partial charge in [0.1, 0.15) is 11.4 Å². The molecule has 2 rings (SSSR count). The fourth-order valence-corrected chi connectivity index (χ4v) is 1.73. The molecule has 0 saturated carbocycles. The summed E-state index contributed by atoms with van der Waals surface area (Å²) >= 11 is 0. The largest absolute Gasteiger partial charge is 0.573 e. The Bertz CT molecular complexity index is 603. The van der Waals surface area contributed by atoms with E-state index in [4.69, 9.17) is 0 Å². The van der Waals surface area contributed by atoms with E-state index in [9.17, 15) is 18.0 Å². The van der Waals surface area contributed by atoms with Crippen molar-refractivity contribution in [1.29, 1.82) is 0 Å². The monoisotopic (exact) mass is 284 g/mol. The zero-order chi connectivity index (χ0) is 14.8. The lowest BCUT2D eigenvalue weighted by Crippen LogP contribution is -2.17. The Morgan fingerprint density at radius 2 is 1.90 bits per heavy atom. The predicted octanol–water partition coefficient (Wildman–Crippen LogP) is 2.74. The van der Waals surface area contributed by atoms with Gasteiger partial charge in [-0.25, -0.2) is 0 Å². The number of ketones is 1. The Labute approximate surface area is 112 Å². The van der Waals surface area contributed by atoms with E-state index in [1.807, 2.05) is 0 Å². The highest BCUT2D eigenvalue weighted by atomic mass is 19.4. The summed E-state index contributed by atoms with van der Waals surface area (Å²) in [7, 11) is 1.65. The zero-order valence-corrected chi connectivity index (χ0v) is 10.5. The van der Waals surface area contributed by atoms with Crippen LogP contribution in [0.25, 0.3) is 0 Å². The molecular weight excluding hydrogens is 273 g/mol. The lowest BCUT2D eigenvalue weighted by atomic mass is 10.1. The van der Waals surface area contributed by atoms with Crippen LogP contribution >= 0.6 is 0 Å². The van der Waals surface area contributed by atoms with Gasteiger partial charge in [-0.1, -0.05) is 12.1 Å². The minimum Gasteiger partial charge on any atom is -0.406 e. The van der Waals surface area contributed by atoms with E-state index >= 15 is 0 Å². The molecule has 0 aliphatic heterocycles. The van der Waals surface area contributed by atoms with E-state index in [1.165, 1.54) is 35.1 Å². The Hall–Kier alpha value is -2.31. The van der Waals surface area contributed by atoms with Gasteiger partial charge in [0.2, 0.25) is 0 Å². The number of aromatic nitrogens is 2. The summed E-state index contributed by atoms with van der Waals surface area (Å²) in [5.41, 5.74) is 1.05. The zero-order valence-electron chi connectivity index (χ0n) is 10.5. The normalized spacial score (nSPS) is 11.4. The van der Waals surface area contributed by atoms with Crippen LogP contribution in [0.5, 0.6) is 5.75 Å². The topological polar surface area (TPSA) is 44.1 Å². The van der Waals surface area contributed by atoms with E-state index in [-0.39, 0.29) is 18.0 Å². The van der Waals surface area contributed by atoms with Crippen molar-refractivity contribution < 1.29 is 22.7 Å². The molecule has 0 unspecified atom stereocenters. The minimum atomic E-state index is -4.72. The van der Waals surface area contributed by atoms with Crippen molar-refractivity contribution in [2.45, 2.75) is 12.8 Å². The van der Waals surface area contributed by atoms with Crippen molar-refractivity contribution in [3.8, 4) is 5.75 Å². The maximum absolute atomic E-state index is 12.0. The van der Waals surface area contributed by atoms with Crippen LogP contribution in [0.3, 0.4) is 0 Å². The van der Waals surface area contributed by atoms with Crippen molar-refractivity contribution in [1.82, 2.24) is 9.78 Å². The number of hydrogen-bond acceptors (Lipinski definition) is 3. The molecule has 7 heteroatoms. The summed E-state index contributed by atoms with van der Waals surface area (Å²) in [5, 5.41) is 3.88. The van der Waals surface area contributed by atoms with Crippen LogP contribution in [0, 0.1) is 0 Å². The summed E-state index contributed by atoms with van der Waals surface area (Å²) in [4.78, 5) is 11.9. The molecule has 2 aromatic rings. The van der Waals surface area contributed by atoms with Crippen molar-refractivity contribution in [2.24, 2.45) is 7.05 Å². The van der Waals surface area contributed by atoms with Gasteiger partial charge in [0.25, 0.3) is 0 Å². The lowest BCUT2D eigenvalue weighted by Gasteiger charge is -2.09. The van der Waals surface area contributed by atoms with Crippen LogP contribution in [-0.2, 0) is 13.5 Å². The first-order valence-electron chi connectivity index (χ1n) is 5.71. The first kappa shape index (κ1) is 14.1. The summed E-state index contributed by atoms with van der Waals surface area (Å²) in [5.74, 6) is -0.469. The molecule has 0 atom stereocenters. The van der Waals surface area contributed by atoms with Crippen LogP contribution in [0.15, 0.2) is 36.5 Å². The molecule has 106 valence electrons. The van der Waals surface area contributed by atoms with Crippen LogP contribution in [0.1, 0.15) is 16.1 Å². The highest BCUT2D eigenvalue weighted by Crippen LogP contribution is 2.23. The number of carbonyl (C=O) groups excluding carboxylic acids is 1. The minimum absolute atomic E-state index is 0.0891. The van der Waals surface area contributed by atoms with E-state index in [0.29, 0.717) is 11.3 Å². The van der Waals surface area contributed by atoms with E-state index in [2.05, 4.69) is 9.84 Å². The lowest BCUT2D eigenvalue weighted by molar-refractivity contribution is -0.274. The average molecular weight is 284 g/mol. The number of ether oxygens (including phenoxy) is 1. The highest BCUT2D eigenvalue weighted by Gasteiger charge is 2.30. The molecule has 1 aromatic carbocycles. The smallest absolute Gasteiger partial charge is 0.406 e. The first-order chi connectivity index (χ1) is 9.35. The van der Waals surface area contributed by atoms with Crippen LogP contribution in [0.4, 0.5) is 13.2 Å². The molecule has 0 bridgehead atoms. The second-order valence-electron chi connectivity index (χ2n) is 4.13. The number of nitrogens with zero attached hydrogens (tertiary/aromatic N) is 2. The van der Waals surface area contributed by atoms with Crippen LogP contribution in [0.2, 0.25) is 0 Å². The maximum atomic E-state index is 12.0. The Morgan fingerprint density at radius 3 is 2.40 bits per heavy atom. The van der Waals surface area contributed by atoms with Gasteiger partial charge in [-0.05, 0) is 23.8 Å². The predicted molar refractivity (Wildman–Crippen MR) is 64.4 cm³/mol. The molecule has 0 fully saturated rings. The molecular formula is C13H11F3N2O2. The number of rotatable bonds is 4. The summed E-state index contributed by atoms with van der Waals surface area (Å²) < 4.78 is 41.2. The Balaban J connectivity index is 2.04. The van der Waals surface area contributed by atoms with Crippen molar-refractivity contribution >= 4 is 5.78 Å². The van der Waals surface area contributed by atoms with Crippen molar-refractivity contribution in [3.05, 3.63) is 47.8 Å². The SMILES string of the molecule is Cn1nccc1C(=O)Cc1ccc(OC(F)(F)F)cc1. The molecule has 0 aliphatic rings. The molecule has 1 aromatic heterocycles. The van der Waals surface area contributed by atoms with Crippen LogP contribution < -0.4 is 4.74 Å². The van der Waals surface area contributed by atoms with Gasteiger partial charge >= 0.3 is 6.36 Å². The van der Waals surface area contributed by atoms with Gasteiger partial charge in [0.05, 0.1) is 0 Å². The molecule has 4 nitrogen and oxygen atoms in total. The molecule has 0 saturated heterocycles. The Morgan fingerprint density at radius 1 is 1.25 bits per heavy atom. The van der Waals surface area contributed by atoms with E-state index in [1.54, 1.807) is 13.1 Å². The van der Waals surface area contributed by atoms with Gasteiger partial charge in [0, 0.05) is 19.7 Å². The van der Waals surface area contributed by atoms with Gasteiger partial charge in [0.15, 0.2) is 5.78 Å². The standard InChI is InChI=1S/C13H11F3N2O2/c1-18-11(6-7-17-18)12(19)8-9-2-4-10(5-3-9)20-13(14,15)16/h2-7H,8H2,1H3. The number of aryl methyl sites for hydroxylation is 1. The third kappa shape index (κ3) is 3.59. The summed E-state index contributed by atoms with van der Waals surface area (Å²) in [6.45, 7) is 0. The van der Waals surface area contributed by atoms with Crippen molar-refractivity contribution in [2.75, 3.05) is 0 Å². The van der Waals surface area contributed by atoms with Crippen LogP contribution in [-0.4, -0.2) is 21.9 Å². The second kappa shape index (κ2) is 5.36. The molecule has 0 spiro atoms. The molecule has 1 heterocycles. The molecule has 0 N–H and O–H groups in total. The van der Waals surface area contributed by atoms with Crippen molar-refractivity contribution in [3.63, 3.8) is 0 Å². The number of hydrogen-bond donors (Lipinski definition) is 0. The summed E-state index contributed by atoms with van der Waals surface area (Å²) in [6, 6.07) is 6.80. The molecule has 0 aliphatic carbocycles. The number of Topliss-reactive ketones (excluding diaryl/α,β-unsaturated/α-hetero) is 1. The molecule has 0 amide bonds. The Kier molecular flexibility index (Phi) is 3.78.